The van der Waals surface area contributed by atoms with Crippen LogP contribution in [0.2, 0.25) is 0 Å². The molecule has 1 N–H and O–H groups in total. The van der Waals surface area contributed by atoms with Gasteiger partial charge in [0.05, 0.1) is 0 Å². The highest BCUT2D eigenvalue weighted by Crippen LogP contribution is 2.32. The molecular weight excluding hydrogens is 421 g/mol. The summed E-state index contributed by atoms with van der Waals surface area (Å²) in [5.74, 6) is -2.87. The maximum absolute atomic E-state index is 12.5. The Kier molecular flexibility index (Phi) is 7.75. The first-order valence-electron chi connectivity index (χ1n) is 7.46. The second kappa shape index (κ2) is 9.02. The predicted octanol–water partition coefficient (Wildman–Crippen LogP) is -0.635. The van der Waals surface area contributed by atoms with Gasteiger partial charge in [-0.3, -0.25) is 14.4 Å². The number of esters is 3. The first kappa shape index (κ1) is 24.1. The minimum atomic E-state index is -6.22. The third kappa shape index (κ3) is 6.29. The average Bonchev–Trinajstić information content (AvgIpc) is 2.50. The van der Waals surface area contributed by atoms with Crippen LogP contribution < -0.4 is 0 Å². The van der Waals surface area contributed by atoms with Gasteiger partial charge in [-0.05, 0) is 0 Å². The molecule has 0 aromatic carbocycles. The quantitative estimate of drug-likeness (QED) is 0.244. The highest BCUT2D eigenvalue weighted by atomic mass is 32.2. The minimum Gasteiger partial charge on any atom is -0.463 e. The van der Waals surface area contributed by atoms with E-state index in [-0.39, 0.29) is 0 Å². The van der Waals surface area contributed by atoms with Gasteiger partial charge in [-0.25, -0.2) is 4.18 Å². The van der Waals surface area contributed by atoms with Crippen LogP contribution in [0.5, 0.6) is 0 Å². The molecule has 0 bridgehead atoms. The van der Waals surface area contributed by atoms with Gasteiger partial charge in [0.1, 0.15) is 18.8 Å². The largest absolute Gasteiger partial charge is 0.523 e. The molecule has 0 aromatic heterocycles. The van der Waals surface area contributed by atoms with E-state index >= 15 is 0 Å². The van der Waals surface area contributed by atoms with Crippen molar-refractivity contribution in [2.45, 2.75) is 57.0 Å². The second-order valence-corrected chi connectivity index (χ2v) is 7.04. The summed E-state index contributed by atoms with van der Waals surface area (Å²) in [6.45, 7) is 2.03. The van der Waals surface area contributed by atoms with E-state index in [9.17, 15) is 41.1 Å². The first-order chi connectivity index (χ1) is 12.7. The lowest BCUT2D eigenvalue weighted by Crippen LogP contribution is -2.62. The number of carbonyl (C=O) groups is 3. The maximum Gasteiger partial charge on any atom is 0.523 e. The molecule has 5 atom stereocenters. The first-order valence-corrected chi connectivity index (χ1v) is 8.87. The summed E-state index contributed by atoms with van der Waals surface area (Å²) in [6.07, 6.45) is -9.98. The fourth-order valence-corrected chi connectivity index (χ4v) is 2.66. The minimum absolute atomic E-state index is 0.746. The lowest BCUT2D eigenvalue weighted by molar-refractivity contribution is -0.286. The van der Waals surface area contributed by atoms with Crippen molar-refractivity contribution in [3.63, 3.8) is 0 Å². The van der Waals surface area contributed by atoms with E-state index < -0.39 is 70.8 Å². The van der Waals surface area contributed by atoms with Crippen LogP contribution in [0.4, 0.5) is 13.2 Å². The Hall–Kier alpha value is -1.97. The molecule has 11 nitrogen and oxygen atoms in total. The van der Waals surface area contributed by atoms with Gasteiger partial charge < -0.3 is 24.1 Å². The van der Waals surface area contributed by atoms with Crippen molar-refractivity contribution in [2.24, 2.45) is 0 Å². The van der Waals surface area contributed by atoms with Crippen LogP contribution in [0.1, 0.15) is 20.8 Å². The molecule has 162 valence electrons. The Morgan fingerprint density at radius 2 is 1.50 bits per heavy atom. The van der Waals surface area contributed by atoms with Crippen molar-refractivity contribution >= 4 is 28.0 Å². The van der Waals surface area contributed by atoms with Gasteiger partial charge in [0.15, 0.2) is 12.2 Å². The fraction of sp³-hybridized carbons (Fsp3) is 0.769. The molecule has 15 heteroatoms. The Morgan fingerprint density at radius 3 is 1.93 bits per heavy atom. The van der Waals surface area contributed by atoms with Crippen LogP contribution in [0.25, 0.3) is 0 Å². The molecular formula is C13H17F3O11S. The number of carbonyl (C=O) groups excluding carboxylic acids is 3. The van der Waals surface area contributed by atoms with Crippen molar-refractivity contribution in [3.05, 3.63) is 0 Å². The van der Waals surface area contributed by atoms with Gasteiger partial charge in [0, 0.05) is 20.8 Å². The molecule has 1 aliphatic heterocycles. The summed E-state index contributed by atoms with van der Waals surface area (Å²) in [5, 5.41) is 10.1. The number of halogens is 3. The van der Waals surface area contributed by atoms with Crippen molar-refractivity contribution in [2.75, 3.05) is 6.61 Å². The summed E-state index contributed by atoms with van der Waals surface area (Å²) in [7, 11) is -6.22. The molecule has 1 rings (SSSR count). The van der Waals surface area contributed by atoms with E-state index in [0.717, 1.165) is 20.8 Å². The highest BCUT2D eigenvalue weighted by molar-refractivity contribution is 7.87. The third-order valence-corrected chi connectivity index (χ3v) is 4.18. The van der Waals surface area contributed by atoms with Gasteiger partial charge in [-0.15, -0.1) is 0 Å². The van der Waals surface area contributed by atoms with Crippen LogP contribution in [0.15, 0.2) is 0 Å². The summed E-state index contributed by atoms with van der Waals surface area (Å²) < 4.78 is 83.0. The topological polar surface area (TPSA) is 152 Å². The van der Waals surface area contributed by atoms with E-state index in [1.165, 1.54) is 0 Å². The molecule has 0 radical (unpaired) electrons. The number of rotatable bonds is 6. The van der Waals surface area contributed by atoms with E-state index in [0.29, 0.717) is 0 Å². The molecule has 1 saturated heterocycles. The van der Waals surface area contributed by atoms with Crippen molar-refractivity contribution in [1.29, 1.82) is 0 Å². The Labute approximate surface area is 156 Å². The molecule has 28 heavy (non-hydrogen) atoms. The molecule has 0 unspecified atom stereocenters. The normalized spacial score (nSPS) is 28.3. The number of hydrogen-bond acceptors (Lipinski definition) is 11. The van der Waals surface area contributed by atoms with Gasteiger partial charge in [-0.2, -0.15) is 21.6 Å². The number of aliphatic hydroxyl groups is 1. The van der Waals surface area contributed by atoms with Crippen LogP contribution in [0.3, 0.4) is 0 Å². The van der Waals surface area contributed by atoms with Gasteiger partial charge in [-0.1, -0.05) is 0 Å². The zero-order valence-electron chi connectivity index (χ0n) is 14.7. The molecule has 0 spiro atoms. The van der Waals surface area contributed by atoms with Gasteiger partial charge in [0.2, 0.25) is 6.29 Å². The van der Waals surface area contributed by atoms with Crippen molar-refractivity contribution in [3.8, 4) is 0 Å². The van der Waals surface area contributed by atoms with Gasteiger partial charge in [0.25, 0.3) is 0 Å². The van der Waals surface area contributed by atoms with Crippen molar-refractivity contribution in [1.82, 2.24) is 0 Å². The summed E-state index contributed by atoms with van der Waals surface area (Å²) >= 11 is 0. The van der Waals surface area contributed by atoms with Crippen molar-refractivity contribution < 1.29 is 64.2 Å². The number of aliphatic hydroxyl groups excluding tert-OH is 1. The van der Waals surface area contributed by atoms with Crippen LogP contribution in [-0.4, -0.2) is 74.3 Å². The molecule has 0 saturated carbocycles. The highest BCUT2D eigenvalue weighted by Gasteiger charge is 2.55. The second-order valence-electron chi connectivity index (χ2n) is 5.48. The van der Waals surface area contributed by atoms with E-state index in [1.807, 2.05) is 0 Å². The lowest BCUT2D eigenvalue weighted by Gasteiger charge is -2.42. The number of hydrogen-bond donors (Lipinski definition) is 1. The summed E-state index contributed by atoms with van der Waals surface area (Å²) in [6, 6.07) is 0. The zero-order chi connectivity index (χ0) is 21.9. The van der Waals surface area contributed by atoms with Gasteiger partial charge >= 0.3 is 33.5 Å². The monoisotopic (exact) mass is 438 g/mol. The van der Waals surface area contributed by atoms with Crippen LogP contribution in [-0.2, 0) is 47.6 Å². The molecule has 0 aliphatic carbocycles. The van der Waals surface area contributed by atoms with E-state index in [4.69, 9.17) is 14.2 Å². The average molecular weight is 438 g/mol. The smallest absolute Gasteiger partial charge is 0.463 e. The Balaban J connectivity index is 3.25. The lowest BCUT2D eigenvalue weighted by atomic mass is 9.98. The fourth-order valence-electron chi connectivity index (χ4n) is 2.15. The molecule has 1 heterocycles. The molecule has 0 amide bonds. The summed E-state index contributed by atoms with van der Waals surface area (Å²) in [4.78, 5) is 33.6. The number of alkyl halides is 3. The standard InChI is InChI=1S/C13H17F3O11S/c1-5(17)23-4-8-10(24-6(2)18)11(25-7(3)19)9(20)12(26-8)27-28(21,22)13(14,15)16/h8-12,20H,4H2,1-3H3/t8-,9-,10-,11-,12-/m1/s1. The molecule has 0 aromatic rings. The molecule has 1 fully saturated rings. The Morgan fingerprint density at radius 1 is 1.00 bits per heavy atom. The predicted molar refractivity (Wildman–Crippen MR) is 78.5 cm³/mol. The number of ether oxygens (including phenoxy) is 4. The third-order valence-electron chi connectivity index (χ3n) is 3.17. The summed E-state index contributed by atoms with van der Waals surface area (Å²) in [5.41, 5.74) is -5.84. The Bertz CT molecular complexity index is 705. The SMILES string of the molecule is CC(=O)OC[C@H]1O[C@H](OS(=O)(=O)C(F)(F)F)[C@H](O)[C@@H](OC(C)=O)[C@@H]1OC(C)=O. The van der Waals surface area contributed by atoms with Crippen LogP contribution in [0, 0.1) is 0 Å². The van der Waals surface area contributed by atoms with Crippen LogP contribution >= 0.6 is 0 Å². The molecule has 1 aliphatic rings. The maximum atomic E-state index is 12.5. The van der Waals surface area contributed by atoms with E-state index in [2.05, 4.69) is 8.92 Å². The zero-order valence-corrected chi connectivity index (χ0v) is 15.5. The van der Waals surface area contributed by atoms with E-state index in [1.54, 1.807) is 0 Å².